The van der Waals surface area contributed by atoms with Crippen molar-refractivity contribution >= 4 is 29.2 Å². The third-order valence-corrected chi connectivity index (χ3v) is 4.18. The number of para-hydroxylation sites is 1. The van der Waals surface area contributed by atoms with Gasteiger partial charge in [-0.1, -0.05) is 18.2 Å². The van der Waals surface area contributed by atoms with Crippen molar-refractivity contribution in [2.24, 2.45) is 5.73 Å². The van der Waals surface area contributed by atoms with E-state index in [9.17, 15) is 4.79 Å². The number of likely N-dealkylation sites (tertiary alicyclic amines) is 1. The number of hydrogen-bond donors (Lipinski definition) is 1. The molecule has 5 heteroatoms. The number of amides is 1. The molecule has 1 aromatic heterocycles. The highest BCUT2D eigenvalue weighted by Gasteiger charge is 2.19. The van der Waals surface area contributed by atoms with Crippen molar-refractivity contribution in [3.8, 4) is 0 Å². The van der Waals surface area contributed by atoms with Gasteiger partial charge in [0.1, 0.15) is 6.54 Å². The lowest BCUT2D eigenvalue weighted by Gasteiger charge is -2.16. The Morgan fingerprint density at radius 1 is 1.27 bits per heavy atom. The lowest BCUT2D eigenvalue weighted by molar-refractivity contribution is -0.130. The Bertz CT molecular complexity index is 644. The predicted molar refractivity (Wildman–Crippen MR) is 92.4 cm³/mol. The lowest BCUT2D eigenvalue weighted by atomic mass is 10.1. The van der Waals surface area contributed by atoms with Gasteiger partial charge in [-0.05, 0) is 37.8 Å². The molecule has 1 unspecified atom stereocenters. The first-order valence-electron chi connectivity index (χ1n) is 7.75. The van der Waals surface area contributed by atoms with E-state index in [1.165, 1.54) is 10.9 Å². The van der Waals surface area contributed by atoms with Gasteiger partial charge in [-0.3, -0.25) is 4.79 Å². The molecular weight excluding hydrogens is 298 g/mol. The summed E-state index contributed by atoms with van der Waals surface area (Å²) < 4.78 is 2.08. The van der Waals surface area contributed by atoms with Crippen molar-refractivity contribution in [1.82, 2.24) is 9.47 Å². The van der Waals surface area contributed by atoms with E-state index in [0.717, 1.165) is 37.9 Å². The molecule has 1 fully saturated rings. The second-order valence-electron chi connectivity index (χ2n) is 6.07. The van der Waals surface area contributed by atoms with E-state index in [4.69, 9.17) is 5.73 Å². The Morgan fingerprint density at radius 3 is 2.64 bits per heavy atom. The van der Waals surface area contributed by atoms with E-state index in [0.29, 0.717) is 6.54 Å². The molecule has 2 N–H and O–H groups in total. The number of halogens is 1. The zero-order valence-corrected chi connectivity index (χ0v) is 13.8. The second-order valence-corrected chi connectivity index (χ2v) is 6.07. The maximum atomic E-state index is 12.4. The fourth-order valence-electron chi connectivity index (χ4n) is 3.18. The van der Waals surface area contributed by atoms with Gasteiger partial charge >= 0.3 is 0 Å². The Labute approximate surface area is 137 Å². The van der Waals surface area contributed by atoms with Crippen LogP contribution in [-0.4, -0.2) is 34.5 Å². The molecule has 1 aromatic carbocycles. The van der Waals surface area contributed by atoms with E-state index in [1.54, 1.807) is 0 Å². The number of rotatable bonds is 4. The number of fused-ring (bicyclic) bond motifs is 1. The van der Waals surface area contributed by atoms with Gasteiger partial charge in [0.05, 0.1) is 0 Å². The van der Waals surface area contributed by atoms with E-state index < -0.39 is 0 Å². The number of benzene rings is 1. The van der Waals surface area contributed by atoms with Crippen LogP contribution in [0.1, 0.15) is 25.3 Å². The summed E-state index contributed by atoms with van der Waals surface area (Å²) in [6, 6.07) is 8.38. The number of aromatic nitrogens is 1. The van der Waals surface area contributed by atoms with Crippen molar-refractivity contribution in [3.63, 3.8) is 0 Å². The molecule has 0 bridgehead atoms. The van der Waals surface area contributed by atoms with Crippen LogP contribution >= 0.6 is 12.4 Å². The summed E-state index contributed by atoms with van der Waals surface area (Å²) in [7, 11) is 0. The molecule has 2 aromatic rings. The van der Waals surface area contributed by atoms with Gasteiger partial charge in [-0.2, -0.15) is 0 Å². The molecule has 1 aliphatic heterocycles. The van der Waals surface area contributed by atoms with Gasteiger partial charge in [-0.15, -0.1) is 12.4 Å². The zero-order valence-electron chi connectivity index (χ0n) is 13.0. The van der Waals surface area contributed by atoms with Crippen molar-refractivity contribution in [2.45, 2.75) is 38.8 Å². The first-order valence-corrected chi connectivity index (χ1v) is 7.75. The summed E-state index contributed by atoms with van der Waals surface area (Å²) in [4.78, 5) is 14.3. The maximum Gasteiger partial charge on any atom is 0.242 e. The summed E-state index contributed by atoms with van der Waals surface area (Å²) in [5.74, 6) is 0.223. The highest BCUT2D eigenvalue weighted by atomic mass is 35.5. The highest BCUT2D eigenvalue weighted by Crippen LogP contribution is 2.23. The summed E-state index contributed by atoms with van der Waals surface area (Å²) >= 11 is 0. The fourth-order valence-corrected chi connectivity index (χ4v) is 3.18. The van der Waals surface area contributed by atoms with Gasteiger partial charge in [0.15, 0.2) is 0 Å². The monoisotopic (exact) mass is 321 g/mol. The quantitative estimate of drug-likeness (QED) is 0.941. The van der Waals surface area contributed by atoms with Crippen molar-refractivity contribution in [2.75, 3.05) is 13.1 Å². The van der Waals surface area contributed by atoms with Gasteiger partial charge in [-0.25, -0.2) is 0 Å². The van der Waals surface area contributed by atoms with Gasteiger partial charge < -0.3 is 15.2 Å². The first-order chi connectivity index (χ1) is 10.1. The molecule has 120 valence electrons. The van der Waals surface area contributed by atoms with Crippen molar-refractivity contribution < 1.29 is 4.79 Å². The molecule has 2 heterocycles. The maximum absolute atomic E-state index is 12.4. The molecule has 0 spiro atoms. The molecule has 1 saturated heterocycles. The predicted octanol–water partition coefficient (Wildman–Crippen LogP) is 2.58. The van der Waals surface area contributed by atoms with E-state index in [2.05, 4.69) is 22.9 Å². The van der Waals surface area contributed by atoms with Crippen LogP contribution in [0.4, 0.5) is 0 Å². The summed E-state index contributed by atoms with van der Waals surface area (Å²) in [5, 5.41) is 1.21. The topological polar surface area (TPSA) is 51.3 Å². The van der Waals surface area contributed by atoms with Crippen LogP contribution in [0.15, 0.2) is 30.5 Å². The third-order valence-electron chi connectivity index (χ3n) is 4.18. The Hall–Kier alpha value is -1.52. The lowest BCUT2D eigenvalue weighted by Crippen LogP contribution is -2.30. The summed E-state index contributed by atoms with van der Waals surface area (Å²) in [6.45, 7) is 4.26. The molecule has 0 aliphatic carbocycles. The van der Waals surface area contributed by atoms with Gasteiger partial charge in [0.2, 0.25) is 5.91 Å². The standard InChI is InChI=1S/C17H23N3O.ClH/c1-13(18)10-14-11-20(16-7-3-2-6-15(14)16)12-17(21)19-8-4-5-9-19;/h2-3,6-7,11,13H,4-5,8-10,12,18H2,1H3;1H. The molecule has 1 amide bonds. The second kappa shape index (κ2) is 7.16. The smallest absolute Gasteiger partial charge is 0.242 e. The van der Waals surface area contributed by atoms with Crippen LogP contribution in [0.2, 0.25) is 0 Å². The Morgan fingerprint density at radius 2 is 1.95 bits per heavy atom. The normalized spacial score (nSPS) is 15.8. The van der Waals surface area contributed by atoms with Gasteiger partial charge in [0, 0.05) is 36.2 Å². The molecule has 22 heavy (non-hydrogen) atoms. The Kier molecular flexibility index (Phi) is 5.48. The van der Waals surface area contributed by atoms with Crippen LogP contribution in [0.25, 0.3) is 10.9 Å². The van der Waals surface area contributed by atoms with Crippen LogP contribution in [0.3, 0.4) is 0 Å². The third kappa shape index (κ3) is 3.45. The summed E-state index contributed by atoms with van der Waals surface area (Å²) in [5.41, 5.74) is 8.30. The van der Waals surface area contributed by atoms with Crippen LogP contribution in [0.5, 0.6) is 0 Å². The average molecular weight is 322 g/mol. The number of nitrogens with two attached hydrogens (primary N) is 1. The highest BCUT2D eigenvalue weighted by molar-refractivity contribution is 5.86. The molecule has 1 aliphatic rings. The molecule has 1 atom stereocenters. The molecule has 0 saturated carbocycles. The molecular formula is C17H24ClN3O. The Balaban J connectivity index is 0.00000176. The SMILES string of the molecule is CC(N)Cc1cn(CC(=O)N2CCCC2)c2ccccc12.Cl. The number of nitrogens with zero attached hydrogens (tertiary/aromatic N) is 2. The zero-order chi connectivity index (χ0) is 14.8. The number of carbonyl (C=O) groups excluding carboxylic acids is 1. The van der Waals surface area contributed by atoms with Crippen LogP contribution < -0.4 is 5.73 Å². The van der Waals surface area contributed by atoms with Gasteiger partial charge in [0.25, 0.3) is 0 Å². The fraction of sp³-hybridized carbons (Fsp3) is 0.471. The minimum Gasteiger partial charge on any atom is -0.341 e. The molecule has 4 nitrogen and oxygen atoms in total. The number of carbonyl (C=O) groups is 1. The van der Waals surface area contributed by atoms with E-state index in [-0.39, 0.29) is 24.4 Å². The minimum atomic E-state index is 0. The number of hydrogen-bond acceptors (Lipinski definition) is 2. The van der Waals surface area contributed by atoms with Crippen LogP contribution in [-0.2, 0) is 17.8 Å². The molecule has 3 rings (SSSR count). The largest absolute Gasteiger partial charge is 0.341 e. The van der Waals surface area contributed by atoms with E-state index >= 15 is 0 Å². The minimum absolute atomic E-state index is 0. The van der Waals surface area contributed by atoms with Crippen molar-refractivity contribution in [3.05, 3.63) is 36.0 Å². The summed E-state index contributed by atoms with van der Waals surface area (Å²) in [6.07, 6.45) is 5.20. The average Bonchev–Trinajstić information content (AvgIpc) is 3.08. The van der Waals surface area contributed by atoms with Crippen LogP contribution in [0, 0.1) is 0 Å². The van der Waals surface area contributed by atoms with Crippen molar-refractivity contribution in [1.29, 1.82) is 0 Å². The van der Waals surface area contributed by atoms with E-state index in [1.807, 2.05) is 24.0 Å². The molecule has 0 radical (unpaired) electrons. The first kappa shape index (κ1) is 16.8.